The molecule has 0 atom stereocenters. The number of nitrogens with one attached hydrogen (secondary N) is 2. The highest BCUT2D eigenvalue weighted by molar-refractivity contribution is 5.94. The third-order valence-electron chi connectivity index (χ3n) is 11.1. The highest BCUT2D eigenvalue weighted by atomic mass is 14.8. The molecule has 12 nitrogen and oxygen atoms in total. The van der Waals surface area contributed by atoms with Crippen LogP contribution in [0, 0.1) is 0 Å². The molecule has 3 aromatic carbocycles. The number of nitrogens with zero attached hydrogens (tertiary/aromatic N) is 10. The smallest absolute Gasteiger partial charge is 0.0909 e. The number of hydrogen-bond donors (Lipinski definition) is 2. The summed E-state index contributed by atoms with van der Waals surface area (Å²) in [6.45, 7) is 0. The van der Waals surface area contributed by atoms with Crippen LogP contribution in [0.25, 0.3) is 88.7 Å². The van der Waals surface area contributed by atoms with Gasteiger partial charge in [-0.15, -0.1) is 0 Å². The van der Waals surface area contributed by atoms with E-state index in [1.807, 2.05) is 97.8 Å². The van der Waals surface area contributed by atoms with Gasteiger partial charge in [0.05, 0.1) is 44.1 Å². The van der Waals surface area contributed by atoms with Crippen molar-refractivity contribution in [2.75, 3.05) is 0 Å². The molecular weight excluding hydrogens is 841 g/mol. The zero-order valence-electron chi connectivity index (χ0n) is 36.7. The van der Waals surface area contributed by atoms with E-state index in [-0.39, 0.29) is 0 Å². The normalized spacial score (nSPS) is 11.6. The Hall–Kier alpha value is -9.42. The maximum Gasteiger partial charge on any atom is 0.0909 e. The number of hydrogen-bond acceptors (Lipinski definition) is 10. The number of aromatic nitrogens is 12. The first-order chi connectivity index (χ1) is 33.7. The molecule has 0 amide bonds. The third kappa shape index (κ3) is 10.3. The van der Waals surface area contributed by atoms with Crippen LogP contribution in [0.2, 0.25) is 0 Å². The van der Waals surface area contributed by atoms with Gasteiger partial charge in [-0.1, -0.05) is 30.4 Å². The molecule has 0 saturated carbocycles. The van der Waals surface area contributed by atoms with Crippen molar-refractivity contribution < 1.29 is 0 Å². The van der Waals surface area contributed by atoms with Crippen molar-refractivity contribution in [2.24, 2.45) is 0 Å². The standard InChI is InChI=1S/C12H8N2.C11H9N.C10H6N4.2C8H6N2.C7H7N/c1-3-9-7-12-10(4-2-6-14-12)8-11(9)13-5-1;1-2-8-6-10-4-5-12-11(10)7-9(8)3-1;1-2-12-8-6-10-9(5-7(8)11-1)13-3-4-14-10;1-3-9-6-8-2-4-10-5-7(1)8;1-3-7-8(9-5-1)4-2-6-10-7;1-2-6-4-5-8-7(6)3-1/h1-8H;1,3-7,12H,2H2;1-6H;2*1-6H;1,3-5,8H,2H2. The Morgan fingerprint density at radius 3 is 1.41 bits per heavy atom. The lowest BCUT2D eigenvalue weighted by molar-refractivity contribution is 1.27. The lowest BCUT2D eigenvalue weighted by atomic mass is 10.1. The molecule has 0 fully saturated rings. The highest BCUT2D eigenvalue weighted by Gasteiger charge is 2.07. The number of pyridine rings is 6. The maximum absolute atomic E-state index is 4.30. The van der Waals surface area contributed by atoms with Crippen molar-refractivity contribution in [2.45, 2.75) is 12.8 Å². The summed E-state index contributed by atoms with van der Waals surface area (Å²) in [6.07, 6.45) is 35.9. The summed E-state index contributed by atoms with van der Waals surface area (Å²) in [6, 6.07) is 36.2. The van der Waals surface area contributed by atoms with Gasteiger partial charge in [0.25, 0.3) is 0 Å². The van der Waals surface area contributed by atoms with Crippen molar-refractivity contribution in [3.8, 4) is 0 Å². The molecule has 68 heavy (non-hydrogen) atoms. The first-order valence-corrected chi connectivity index (χ1v) is 22.0. The first kappa shape index (κ1) is 42.5. The fourth-order valence-corrected chi connectivity index (χ4v) is 7.75. The maximum atomic E-state index is 4.30. The lowest BCUT2D eigenvalue weighted by Gasteiger charge is -1.99. The van der Waals surface area contributed by atoms with Crippen LogP contribution < -0.4 is 0 Å². The van der Waals surface area contributed by atoms with Gasteiger partial charge in [0, 0.05) is 120 Å². The van der Waals surface area contributed by atoms with Gasteiger partial charge in [0.1, 0.15) is 0 Å². The first-order valence-electron chi connectivity index (χ1n) is 22.0. The average Bonchev–Trinajstić information content (AvgIpc) is 4.25. The van der Waals surface area contributed by atoms with Gasteiger partial charge < -0.3 is 9.97 Å². The van der Waals surface area contributed by atoms with Crippen LogP contribution in [0.3, 0.4) is 0 Å². The molecule has 326 valence electrons. The molecule has 0 bridgehead atoms. The number of fused-ring (bicyclic) bond motifs is 9. The van der Waals surface area contributed by atoms with Crippen molar-refractivity contribution >= 4 is 88.7 Å². The molecule has 0 radical (unpaired) electrons. The minimum atomic E-state index is 0.848. The summed E-state index contributed by atoms with van der Waals surface area (Å²) in [5.74, 6) is 0. The molecule has 10 heterocycles. The Balaban J connectivity index is 0.0000000960. The fourth-order valence-electron chi connectivity index (χ4n) is 7.75. The predicted molar refractivity (Wildman–Crippen MR) is 273 cm³/mol. The Bertz CT molecular complexity index is 3340. The van der Waals surface area contributed by atoms with Crippen LogP contribution in [-0.4, -0.2) is 59.8 Å². The van der Waals surface area contributed by atoms with Crippen molar-refractivity contribution in [1.29, 1.82) is 0 Å². The molecule has 0 saturated heterocycles. The largest absolute Gasteiger partial charge is 0.361 e. The van der Waals surface area contributed by atoms with Crippen LogP contribution in [0.4, 0.5) is 0 Å². The van der Waals surface area contributed by atoms with Gasteiger partial charge in [0.15, 0.2) is 0 Å². The Morgan fingerprint density at radius 2 is 0.838 bits per heavy atom. The van der Waals surface area contributed by atoms with Crippen LogP contribution in [-0.2, 0) is 12.8 Å². The van der Waals surface area contributed by atoms with E-state index in [1.165, 1.54) is 33.3 Å². The molecule has 2 aliphatic carbocycles. The second kappa shape index (κ2) is 20.6. The average molecular weight is 883 g/mol. The minimum Gasteiger partial charge on any atom is -0.361 e. The Kier molecular flexibility index (Phi) is 12.9. The second-order valence-electron chi connectivity index (χ2n) is 15.6. The monoisotopic (exact) mass is 882 g/mol. The zero-order valence-corrected chi connectivity index (χ0v) is 36.7. The van der Waals surface area contributed by atoms with E-state index in [1.54, 1.807) is 49.6 Å². The topological polar surface area (TPSA) is 160 Å². The van der Waals surface area contributed by atoms with Crippen LogP contribution in [0.15, 0.2) is 208 Å². The van der Waals surface area contributed by atoms with Crippen LogP contribution in [0.5, 0.6) is 0 Å². The molecule has 0 aliphatic heterocycles. The molecule has 10 aromatic heterocycles. The van der Waals surface area contributed by atoms with Gasteiger partial charge in [0.2, 0.25) is 0 Å². The quantitative estimate of drug-likeness (QED) is 0.140. The summed E-state index contributed by atoms with van der Waals surface area (Å²) in [5, 5.41) is 5.87. The van der Waals surface area contributed by atoms with Gasteiger partial charge in [-0.25, -0.2) is 0 Å². The van der Waals surface area contributed by atoms with Crippen LogP contribution >= 0.6 is 0 Å². The van der Waals surface area contributed by atoms with E-state index in [9.17, 15) is 0 Å². The summed E-state index contributed by atoms with van der Waals surface area (Å²) in [5.41, 5.74) is 14.1. The van der Waals surface area contributed by atoms with E-state index >= 15 is 0 Å². The zero-order chi connectivity index (χ0) is 45.7. The molecule has 2 aliphatic rings. The molecule has 0 spiro atoms. The highest BCUT2D eigenvalue weighted by Crippen LogP contribution is 2.25. The van der Waals surface area contributed by atoms with Crippen molar-refractivity contribution in [1.82, 2.24) is 59.8 Å². The third-order valence-corrected chi connectivity index (χ3v) is 11.1. The van der Waals surface area contributed by atoms with Gasteiger partial charge >= 0.3 is 0 Å². The molecule has 2 N–H and O–H groups in total. The number of aromatic amines is 2. The number of rotatable bonds is 0. The Labute approximate surface area is 390 Å². The predicted octanol–water partition coefficient (Wildman–Crippen LogP) is 11.9. The summed E-state index contributed by atoms with van der Waals surface area (Å²) >= 11 is 0. The van der Waals surface area contributed by atoms with E-state index in [4.69, 9.17) is 0 Å². The molecule has 0 unspecified atom stereocenters. The fraction of sp³-hybridized carbons (Fsp3) is 0.0357. The SMILES string of the molecule is C1=Cc2[nH]ccc2C1.C1=Cc2cc3[nH]ccc3cc2C1.c1cc2cnccc2cn1.c1cnc2cc3cccnc3cc2c1.c1cnc2cc3nccnc3cc2n1.c1cnc2cccnc2c1. The number of benzene rings is 3. The molecule has 13 aromatic rings. The molecule has 15 rings (SSSR count). The van der Waals surface area contributed by atoms with Gasteiger partial charge in [-0.05, 0) is 138 Å². The van der Waals surface area contributed by atoms with E-state index in [2.05, 4.69) is 133 Å². The number of H-pyrrole nitrogens is 2. The Morgan fingerprint density at radius 1 is 0.338 bits per heavy atom. The van der Waals surface area contributed by atoms with E-state index < -0.39 is 0 Å². The van der Waals surface area contributed by atoms with Crippen molar-refractivity contribution in [3.63, 3.8) is 0 Å². The second-order valence-corrected chi connectivity index (χ2v) is 15.6. The van der Waals surface area contributed by atoms with Gasteiger partial charge in [-0.2, -0.15) is 0 Å². The van der Waals surface area contributed by atoms with Crippen LogP contribution in [0.1, 0.15) is 22.4 Å². The summed E-state index contributed by atoms with van der Waals surface area (Å²) in [7, 11) is 0. The van der Waals surface area contributed by atoms with E-state index in [0.717, 1.165) is 78.5 Å². The summed E-state index contributed by atoms with van der Waals surface area (Å²) < 4.78 is 0. The van der Waals surface area contributed by atoms with Gasteiger partial charge in [-0.3, -0.25) is 49.8 Å². The minimum absolute atomic E-state index is 0.848. The molecular formula is C56H42N12. The number of allylic oxidation sites excluding steroid dienone is 2. The van der Waals surface area contributed by atoms with Crippen molar-refractivity contribution in [3.05, 3.63) is 230 Å². The lowest BCUT2D eigenvalue weighted by Crippen LogP contribution is -1.86. The summed E-state index contributed by atoms with van der Waals surface area (Å²) in [4.78, 5) is 48.0. The molecule has 12 heteroatoms. The van der Waals surface area contributed by atoms with E-state index in [0.29, 0.717) is 0 Å².